The first-order valence-corrected chi connectivity index (χ1v) is 13.8. The Hall–Kier alpha value is -0.733. The topological polar surface area (TPSA) is 72.8 Å². The number of hydrogen-bond acceptors (Lipinski definition) is 6. The molecular formula is C19H30Cl3N5OSi. The lowest BCUT2D eigenvalue weighted by Crippen LogP contribution is -2.48. The first kappa shape index (κ1) is 24.5. The molecule has 29 heavy (non-hydrogen) atoms. The van der Waals surface area contributed by atoms with Crippen LogP contribution in [0.1, 0.15) is 53.9 Å². The van der Waals surface area contributed by atoms with Crippen LogP contribution in [0, 0.1) is 0 Å². The molecule has 0 bridgehead atoms. The molecule has 2 aromatic heterocycles. The molecule has 0 saturated carbocycles. The average molecular weight is 479 g/mol. The summed E-state index contributed by atoms with van der Waals surface area (Å²) in [5.74, 6) is 0.476. The maximum absolute atomic E-state index is 6.53. The zero-order chi connectivity index (χ0) is 22.0. The van der Waals surface area contributed by atoms with Gasteiger partial charge in [0.05, 0.1) is 12.1 Å². The van der Waals surface area contributed by atoms with Gasteiger partial charge in [0.25, 0.3) is 0 Å². The highest BCUT2D eigenvalue weighted by atomic mass is 35.5. The Labute approximate surface area is 189 Å². The van der Waals surface area contributed by atoms with Crippen LogP contribution in [0.15, 0.2) is 0 Å². The number of aromatic nitrogens is 4. The molecule has 0 spiro atoms. The Bertz CT molecular complexity index is 875. The first-order chi connectivity index (χ1) is 13.3. The summed E-state index contributed by atoms with van der Waals surface area (Å²) in [6.07, 6.45) is 3.01. The maximum atomic E-state index is 6.53. The van der Waals surface area contributed by atoms with Crippen molar-refractivity contribution in [2.45, 2.75) is 77.6 Å². The highest BCUT2D eigenvalue weighted by molar-refractivity contribution is 6.74. The van der Waals surface area contributed by atoms with Crippen molar-refractivity contribution in [2.75, 3.05) is 11.9 Å². The van der Waals surface area contributed by atoms with Crippen molar-refractivity contribution >= 4 is 60.0 Å². The molecule has 0 radical (unpaired) electrons. The van der Waals surface area contributed by atoms with Crippen molar-refractivity contribution < 1.29 is 4.43 Å². The molecule has 0 saturated heterocycles. The Balaban J connectivity index is 2.42. The third-order valence-electron chi connectivity index (χ3n) is 5.51. The second-order valence-corrected chi connectivity index (χ2v) is 15.0. The van der Waals surface area contributed by atoms with E-state index in [0.717, 1.165) is 19.3 Å². The number of hydrogen-bond donors (Lipinski definition) is 1. The van der Waals surface area contributed by atoms with Crippen molar-refractivity contribution in [3.8, 4) is 0 Å². The van der Waals surface area contributed by atoms with Gasteiger partial charge in [-0.1, -0.05) is 52.1 Å². The number of nitrogens with zero attached hydrogens (tertiary/aromatic N) is 4. The first-order valence-electron chi connectivity index (χ1n) is 9.76. The normalized spacial score (nSPS) is 14.8. The molecule has 1 unspecified atom stereocenters. The number of unbranched alkanes of at least 4 members (excludes halogenated alkanes) is 1. The van der Waals surface area contributed by atoms with E-state index in [9.17, 15) is 0 Å². The summed E-state index contributed by atoms with van der Waals surface area (Å²) in [6.45, 7) is 16.0. The van der Waals surface area contributed by atoms with Gasteiger partial charge in [-0.2, -0.15) is 4.98 Å². The minimum absolute atomic E-state index is 0.0317. The molecule has 1 atom stereocenters. The third-order valence-corrected chi connectivity index (χ3v) is 10.6. The van der Waals surface area contributed by atoms with Crippen LogP contribution in [0.2, 0.25) is 33.9 Å². The molecule has 2 aromatic rings. The number of fused-ring (bicyclic) bond motifs is 1. The molecule has 0 fully saturated rings. The lowest BCUT2D eigenvalue weighted by molar-refractivity contribution is 0.214. The number of rotatable bonds is 8. The van der Waals surface area contributed by atoms with E-state index in [4.69, 9.17) is 39.2 Å². The smallest absolute Gasteiger partial charge is 0.225 e. The summed E-state index contributed by atoms with van der Waals surface area (Å²) in [6, 6.07) is 0. The van der Waals surface area contributed by atoms with Crippen LogP contribution in [-0.4, -0.2) is 40.4 Å². The van der Waals surface area contributed by atoms with Gasteiger partial charge < -0.3 is 9.74 Å². The van der Waals surface area contributed by atoms with Crippen LogP contribution in [-0.2, 0) is 4.43 Å². The van der Waals surface area contributed by atoms with Gasteiger partial charge in [0.1, 0.15) is 11.0 Å². The van der Waals surface area contributed by atoms with Crippen LogP contribution in [0.25, 0.3) is 11.0 Å². The van der Waals surface area contributed by atoms with Crippen LogP contribution in [0.3, 0.4) is 0 Å². The van der Waals surface area contributed by atoms with Crippen molar-refractivity contribution in [2.24, 2.45) is 0 Å². The van der Waals surface area contributed by atoms with Crippen molar-refractivity contribution in [1.82, 2.24) is 19.9 Å². The standard InChI is InChI=1S/C19H30Cl3N5OSi/c1-8-9-10-19(5,11-28-29(6,7)18(2,3)4)27-15-13-12(23-17(22)26-15)14(20)25-16(21)24-13/h8-11H2,1-7H3,(H,23,26,27). The summed E-state index contributed by atoms with van der Waals surface area (Å²) in [4.78, 5) is 16.8. The number of anilines is 1. The summed E-state index contributed by atoms with van der Waals surface area (Å²) >= 11 is 18.4. The van der Waals surface area contributed by atoms with Crippen LogP contribution >= 0.6 is 34.8 Å². The van der Waals surface area contributed by atoms with E-state index in [-0.39, 0.29) is 26.3 Å². The SMILES string of the molecule is CCCCC(C)(CO[Si](C)(C)C(C)(C)C)Nc1nc(Cl)nc2c(Cl)nc(Cl)nc12. The largest absolute Gasteiger partial charge is 0.414 e. The van der Waals surface area contributed by atoms with Crippen molar-refractivity contribution in [3.63, 3.8) is 0 Å². The molecule has 0 amide bonds. The molecule has 0 aliphatic rings. The Morgan fingerprint density at radius 3 is 2.10 bits per heavy atom. The molecule has 2 heterocycles. The predicted molar refractivity (Wildman–Crippen MR) is 125 cm³/mol. The number of halogens is 3. The second-order valence-electron chi connectivity index (χ2n) is 9.16. The van der Waals surface area contributed by atoms with E-state index >= 15 is 0 Å². The molecule has 10 heteroatoms. The fourth-order valence-electron chi connectivity index (χ4n) is 2.60. The fourth-order valence-corrected chi connectivity index (χ4v) is 4.30. The molecule has 1 N–H and O–H groups in total. The van der Waals surface area contributed by atoms with E-state index in [2.05, 4.69) is 73.0 Å². The van der Waals surface area contributed by atoms with E-state index in [1.807, 2.05) is 0 Å². The lowest BCUT2D eigenvalue weighted by Gasteiger charge is -2.40. The summed E-state index contributed by atoms with van der Waals surface area (Å²) < 4.78 is 6.53. The van der Waals surface area contributed by atoms with Gasteiger partial charge in [0.2, 0.25) is 10.6 Å². The predicted octanol–water partition coefficient (Wildman–Crippen LogP) is 6.76. The van der Waals surface area contributed by atoms with Gasteiger partial charge in [-0.05, 0) is 54.7 Å². The van der Waals surface area contributed by atoms with Gasteiger partial charge in [0.15, 0.2) is 19.3 Å². The molecule has 0 aliphatic carbocycles. The zero-order valence-electron chi connectivity index (χ0n) is 18.2. The molecular weight excluding hydrogens is 449 g/mol. The van der Waals surface area contributed by atoms with Crippen molar-refractivity contribution in [3.05, 3.63) is 15.7 Å². The average Bonchev–Trinajstić information content (AvgIpc) is 2.58. The van der Waals surface area contributed by atoms with Crippen molar-refractivity contribution in [1.29, 1.82) is 0 Å². The quantitative estimate of drug-likeness (QED) is 0.256. The van der Waals surface area contributed by atoms with Crippen LogP contribution in [0.5, 0.6) is 0 Å². The Morgan fingerprint density at radius 2 is 1.52 bits per heavy atom. The fraction of sp³-hybridized carbons (Fsp3) is 0.684. The van der Waals surface area contributed by atoms with Gasteiger partial charge in [-0.3, -0.25) is 0 Å². The minimum atomic E-state index is -1.92. The molecule has 6 nitrogen and oxygen atoms in total. The van der Waals surface area contributed by atoms with Crippen LogP contribution in [0.4, 0.5) is 5.82 Å². The minimum Gasteiger partial charge on any atom is -0.414 e. The zero-order valence-corrected chi connectivity index (χ0v) is 21.4. The van der Waals surface area contributed by atoms with E-state index in [1.54, 1.807) is 0 Å². The van der Waals surface area contributed by atoms with Gasteiger partial charge >= 0.3 is 0 Å². The molecule has 2 rings (SSSR count). The third kappa shape index (κ3) is 6.14. The van der Waals surface area contributed by atoms with Gasteiger partial charge in [-0.15, -0.1) is 0 Å². The molecule has 162 valence electrons. The Morgan fingerprint density at radius 1 is 0.931 bits per heavy atom. The van der Waals surface area contributed by atoms with Gasteiger partial charge in [0, 0.05) is 0 Å². The van der Waals surface area contributed by atoms with Gasteiger partial charge in [-0.25, -0.2) is 15.0 Å². The number of nitrogens with one attached hydrogen (secondary N) is 1. The highest BCUT2D eigenvalue weighted by Crippen LogP contribution is 2.38. The lowest BCUT2D eigenvalue weighted by atomic mass is 9.96. The van der Waals surface area contributed by atoms with Crippen LogP contribution < -0.4 is 5.32 Å². The summed E-state index contributed by atoms with van der Waals surface area (Å²) in [7, 11) is -1.92. The second kappa shape index (κ2) is 9.18. The summed E-state index contributed by atoms with van der Waals surface area (Å²) in [5.41, 5.74) is 0.427. The van der Waals surface area contributed by atoms with E-state index in [0.29, 0.717) is 23.5 Å². The highest BCUT2D eigenvalue weighted by Gasteiger charge is 2.39. The Kier molecular flexibility index (Phi) is 7.77. The molecule has 0 aliphatic heterocycles. The van der Waals surface area contributed by atoms with E-state index in [1.165, 1.54) is 0 Å². The molecule has 0 aromatic carbocycles. The maximum Gasteiger partial charge on any atom is 0.225 e. The summed E-state index contributed by atoms with van der Waals surface area (Å²) in [5, 5.41) is 3.87. The monoisotopic (exact) mass is 477 g/mol. The van der Waals surface area contributed by atoms with E-state index < -0.39 is 8.32 Å².